The van der Waals surface area contributed by atoms with Crippen LogP contribution in [0.4, 0.5) is 0 Å². The first kappa shape index (κ1) is 15.3. The lowest BCUT2D eigenvalue weighted by Gasteiger charge is -2.17. The van der Waals surface area contributed by atoms with Crippen LogP contribution in [0.3, 0.4) is 0 Å². The molecule has 112 valence electrons. The zero-order valence-electron chi connectivity index (χ0n) is 12.0. The third-order valence-corrected chi connectivity index (χ3v) is 3.27. The Bertz CT molecular complexity index is 396. The van der Waals surface area contributed by atoms with E-state index in [9.17, 15) is 0 Å². The summed E-state index contributed by atoms with van der Waals surface area (Å²) in [6.07, 6.45) is 3.55. The average Bonchev–Trinajstić information content (AvgIpc) is 3.27. The molecule has 0 heterocycles. The van der Waals surface area contributed by atoms with Gasteiger partial charge in [0.2, 0.25) is 0 Å². The van der Waals surface area contributed by atoms with Crippen molar-refractivity contribution in [1.82, 2.24) is 5.43 Å². The predicted molar refractivity (Wildman–Crippen MR) is 77.5 cm³/mol. The highest BCUT2D eigenvalue weighted by atomic mass is 16.5. The lowest BCUT2D eigenvalue weighted by Crippen LogP contribution is -2.29. The number of nitrogens with one attached hydrogen (secondary N) is 1. The quantitative estimate of drug-likeness (QED) is 0.388. The van der Waals surface area contributed by atoms with Gasteiger partial charge >= 0.3 is 0 Å². The molecule has 1 atom stereocenters. The summed E-state index contributed by atoms with van der Waals surface area (Å²) in [5, 5.41) is 0. The van der Waals surface area contributed by atoms with Gasteiger partial charge in [-0.2, -0.15) is 0 Å². The molecule has 0 aromatic heterocycles. The standard InChI is InChI=1S/C15H24N2O3/c1-18-9-10-19-8-7-15(17-16)12-3-2-4-14(11-12)20-13-5-6-13/h2-4,11,13,15,17H,5-10,16H2,1H3. The third-order valence-electron chi connectivity index (χ3n) is 3.27. The summed E-state index contributed by atoms with van der Waals surface area (Å²) >= 11 is 0. The Labute approximate surface area is 120 Å². The van der Waals surface area contributed by atoms with Gasteiger partial charge in [0, 0.05) is 19.8 Å². The van der Waals surface area contributed by atoms with Gasteiger partial charge < -0.3 is 14.2 Å². The second-order valence-electron chi connectivity index (χ2n) is 5.00. The molecule has 1 aliphatic carbocycles. The molecule has 20 heavy (non-hydrogen) atoms. The lowest BCUT2D eigenvalue weighted by molar-refractivity contribution is 0.0657. The number of benzene rings is 1. The summed E-state index contributed by atoms with van der Waals surface area (Å²) in [4.78, 5) is 0. The Morgan fingerprint density at radius 3 is 2.85 bits per heavy atom. The normalized spacial score (nSPS) is 16.1. The van der Waals surface area contributed by atoms with E-state index >= 15 is 0 Å². The highest BCUT2D eigenvalue weighted by molar-refractivity contribution is 5.31. The van der Waals surface area contributed by atoms with Crippen LogP contribution in [0, 0.1) is 0 Å². The van der Waals surface area contributed by atoms with Crippen molar-refractivity contribution in [3.05, 3.63) is 29.8 Å². The molecule has 3 N–H and O–H groups in total. The maximum absolute atomic E-state index is 5.80. The zero-order chi connectivity index (χ0) is 14.2. The first-order valence-corrected chi connectivity index (χ1v) is 7.13. The summed E-state index contributed by atoms with van der Waals surface area (Å²) in [6, 6.07) is 8.17. The van der Waals surface area contributed by atoms with E-state index in [0.29, 0.717) is 25.9 Å². The van der Waals surface area contributed by atoms with Crippen molar-refractivity contribution in [3.8, 4) is 5.75 Å². The van der Waals surface area contributed by atoms with E-state index in [2.05, 4.69) is 17.6 Å². The molecule has 5 heteroatoms. The van der Waals surface area contributed by atoms with Crippen LogP contribution in [0.15, 0.2) is 24.3 Å². The SMILES string of the molecule is COCCOCCC(NN)c1cccc(OC2CC2)c1. The zero-order valence-corrected chi connectivity index (χ0v) is 12.0. The van der Waals surface area contributed by atoms with Crippen molar-refractivity contribution < 1.29 is 14.2 Å². The Hall–Kier alpha value is -1.14. The number of hydrogen-bond donors (Lipinski definition) is 2. The number of hydrogen-bond acceptors (Lipinski definition) is 5. The summed E-state index contributed by atoms with van der Waals surface area (Å²) in [6.45, 7) is 1.87. The van der Waals surface area contributed by atoms with Crippen molar-refractivity contribution in [3.63, 3.8) is 0 Å². The molecule has 1 aromatic rings. The number of hydrazine groups is 1. The third kappa shape index (κ3) is 5.09. The monoisotopic (exact) mass is 280 g/mol. The van der Waals surface area contributed by atoms with Crippen molar-refractivity contribution in [1.29, 1.82) is 0 Å². The highest BCUT2D eigenvalue weighted by Gasteiger charge is 2.23. The van der Waals surface area contributed by atoms with Crippen LogP contribution in [-0.2, 0) is 9.47 Å². The van der Waals surface area contributed by atoms with Gasteiger partial charge in [-0.3, -0.25) is 11.3 Å². The van der Waals surface area contributed by atoms with Crippen LogP contribution in [0.5, 0.6) is 5.75 Å². The van der Waals surface area contributed by atoms with Gasteiger partial charge in [-0.05, 0) is 37.0 Å². The topological polar surface area (TPSA) is 65.7 Å². The first-order valence-electron chi connectivity index (χ1n) is 7.13. The summed E-state index contributed by atoms with van der Waals surface area (Å²) in [5.74, 6) is 6.56. The molecule has 2 rings (SSSR count). The second kappa shape index (κ2) is 8.21. The molecule has 1 fully saturated rings. The van der Waals surface area contributed by atoms with Crippen LogP contribution >= 0.6 is 0 Å². The van der Waals surface area contributed by atoms with Crippen LogP contribution in [0.1, 0.15) is 30.9 Å². The van der Waals surface area contributed by atoms with E-state index in [1.54, 1.807) is 7.11 Å². The molecule has 0 bridgehead atoms. The van der Waals surface area contributed by atoms with Crippen molar-refractivity contribution in [2.24, 2.45) is 5.84 Å². The molecule has 0 amide bonds. The van der Waals surface area contributed by atoms with Gasteiger partial charge in [0.25, 0.3) is 0 Å². The molecule has 0 saturated heterocycles. The second-order valence-corrected chi connectivity index (χ2v) is 5.00. The Kier molecular flexibility index (Phi) is 6.26. The van der Waals surface area contributed by atoms with Crippen LogP contribution in [-0.4, -0.2) is 33.0 Å². The fraction of sp³-hybridized carbons (Fsp3) is 0.600. The summed E-state index contributed by atoms with van der Waals surface area (Å²) in [5.41, 5.74) is 3.96. The number of nitrogens with two attached hydrogens (primary N) is 1. The highest BCUT2D eigenvalue weighted by Crippen LogP contribution is 2.28. The van der Waals surface area contributed by atoms with Gasteiger partial charge in [-0.25, -0.2) is 0 Å². The summed E-state index contributed by atoms with van der Waals surface area (Å²) in [7, 11) is 1.67. The first-order chi connectivity index (χ1) is 9.83. The van der Waals surface area contributed by atoms with Crippen molar-refractivity contribution in [2.75, 3.05) is 26.9 Å². The molecule has 0 aliphatic heterocycles. The van der Waals surface area contributed by atoms with E-state index in [1.807, 2.05) is 12.1 Å². The van der Waals surface area contributed by atoms with E-state index in [-0.39, 0.29) is 6.04 Å². The van der Waals surface area contributed by atoms with E-state index in [4.69, 9.17) is 20.1 Å². The predicted octanol–water partition coefficient (Wildman–Crippen LogP) is 1.79. The van der Waals surface area contributed by atoms with Crippen molar-refractivity contribution in [2.45, 2.75) is 31.4 Å². The maximum Gasteiger partial charge on any atom is 0.120 e. The minimum absolute atomic E-state index is 0.0697. The fourth-order valence-electron chi connectivity index (χ4n) is 1.97. The smallest absolute Gasteiger partial charge is 0.120 e. The van der Waals surface area contributed by atoms with E-state index in [0.717, 1.165) is 30.6 Å². The fourth-order valence-corrected chi connectivity index (χ4v) is 1.97. The Morgan fingerprint density at radius 1 is 1.30 bits per heavy atom. The van der Waals surface area contributed by atoms with Crippen molar-refractivity contribution >= 4 is 0 Å². The van der Waals surface area contributed by atoms with Gasteiger partial charge in [0.1, 0.15) is 5.75 Å². The van der Waals surface area contributed by atoms with Crippen LogP contribution in [0.2, 0.25) is 0 Å². The molecule has 1 aliphatic rings. The molecule has 0 spiro atoms. The Morgan fingerprint density at radius 2 is 2.15 bits per heavy atom. The van der Waals surface area contributed by atoms with Gasteiger partial charge in [-0.1, -0.05) is 12.1 Å². The number of rotatable bonds is 10. The number of ether oxygens (including phenoxy) is 3. The minimum atomic E-state index is 0.0697. The molecular weight excluding hydrogens is 256 g/mol. The number of methoxy groups -OCH3 is 1. The van der Waals surface area contributed by atoms with E-state index in [1.165, 1.54) is 0 Å². The van der Waals surface area contributed by atoms with E-state index < -0.39 is 0 Å². The van der Waals surface area contributed by atoms with Crippen LogP contribution in [0.25, 0.3) is 0 Å². The lowest BCUT2D eigenvalue weighted by atomic mass is 10.0. The summed E-state index contributed by atoms with van der Waals surface area (Å²) < 4.78 is 16.2. The van der Waals surface area contributed by atoms with Gasteiger partial charge in [-0.15, -0.1) is 0 Å². The van der Waals surface area contributed by atoms with Gasteiger partial charge in [0.15, 0.2) is 0 Å². The molecule has 5 nitrogen and oxygen atoms in total. The average molecular weight is 280 g/mol. The molecule has 1 aromatic carbocycles. The maximum atomic E-state index is 5.80. The van der Waals surface area contributed by atoms with Crippen LogP contribution < -0.4 is 16.0 Å². The Balaban J connectivity index is 1.82. The minimum Gasteiger partial charge on any atom is -0.490 e. The molecular formula is C15H24N2O3. The molecule has 0 radical (unpaired) electrons. The largest absolute Gasteiger partial charge is 0.490 e. The molecule has 1 unspecified atom stereocenters. The molecule has 1 saturated carbocycles. The van der Waals surface area contributed by atoms with Gasteiger partial charge in [0.05, 0.1) is 19.3 Å².